The second-order valence-corrected chi connectivity index (χ2v) is 3.45. The van der Waals surface area contributed by atoms with Crippen molar-refractivity contribution in [1.82, 2.24) is 0 Å². The lowest BCUT2D eigenvalue weighted by molar-refractivity contribution is 0.414. The Kier molecular flexibility index (Phi) is 7.56. The molecule has 2 heteroatoms. The molecule has 0 aromatic rings. The van der Waals surface area contributed by atoms with E-state index in [9.17, 15) is 4.91 Å². The molecule has 0 amide bonds. The average molecular weight is 191 g/mol. The first-order valence-electron chi connectivity index (χ1n) is 5.01. The van der Waals surface area contributed by atoms with E-state index in [1.807, 2.05) is 6.92 Å². The third kappa shape index (κ3) is 5.38. The lowest BCUT2D eigenvalue weighted by atomic mass is 9.90. The summed E-state index contributed by atoms with van der Waals surface area (Å²) in [6, 6.07) is 0. The van der Waals surface area contributed by atoms with Crippen molar-refractivity contribution in [2.24, 2.45) is 17.0 Å². The Labute approximate surface area is 86.4 Å². The van der Waals surface area contributed by atoms with Crippen LogP contribution >= 0.6 is 0 Å². The minimum Gasteiger partial charge on any atom is -0.151 e. The van der Waals surface area contributed by atoms with E-state index < -0.39 is 0 Å². The molecular weight excluding hydrogens is 174 g/mol. The number of hydrogen-bond acceptors (Lipinski definition) is 2. The van der Waals surface area contributed by atoms with E-state index >= 15 is 0 Å². The van der Waals surface area contributed by atoms with E-state index in [4.69, 9.17) is 6.42 Å². The molecule has 0 heterocycles. The van der Waals surface area contributed by atoms with Gasteiger partial charge in [-0.15, -0.1) is 6.42 Å². The van der Waals surface area contributed by atoms with Crippen LogP contribution in [0.1, 0.15) is 33.1 Å². The molecule has 0 fully saturated rings. The molecule has 0 radical (unpaired) electrons. The van der Waals surface area contributed by atoms with Gasteiger partial charge in [-0.3, -0.25) is 0 Å². The lowest BCUT2D eigenvalue weighted by Gasteiger charge is -2.15. The molecule has 0 bridgehead atoms. The summed E-state index contributed by atoms with van der Waals surface area (Å²) in [4.78, 5) is 10.1. The molecule has 0 spiro atoms. The second-order valence-electron chi connectivity index (χ2n) is 3.45. The second kappa shape index (κ2) is 8.32. The van der Waals surface area contributed by atoms with Crippen LogP contribution in [0.15, 0.2) is 5.18 Å². The fourth-order valence-corrected chi connectivity index (χ4v) is 1.30. The van der Waals surface area contributed by atoms with E-state index in [1.165, 1.54) is 0 Å². The van der Waals surface area contributed by atoms with Crippen LogP contribution in [-0.4, -0.2) is 6.54 Å². The summed E-state index contributed by atoms with van der Waals surface area (Å²) in [6.07, 6.45) is 8.33. The van der Waals surface area contributed by atoms with E-state index in [0.29, 0.717) is 6.54 Å². The Morgan fingerprint density at radius 2 is 2.21 bits per heavy atom. The minimum absolute atomic E-state index is 0.208. The largest absolute Gasteiger partial charge is 0.151 e. The molecule has 0 aromatic carbocycles. The molecule has 0 N–H and O–H groups in total. The first-order chi connectivity index (χ1) is 6.76. The molecule has 0 aliphatic heterocycles. The number of rotatable bonds is 6. The maximum absolute atomic E-state index is 10.1. The maximum Gasteiger partial charge on any atom is 0.0848 e. The van der Waals surface area contributed by atoms with Crippen molar-refractivity contribution in [3.63, 3.8) is 0 Å². The summed E-state index contributed by atoms with van der Waals surface area (Å²) in [5, 5.41) is 2.90. The van der Waals surface area contributed by atoms with Crippen molar-refractivity contribution in [2.45, 2.75) is 33.1 Å². The fourth-order valence-electron chi connectivity index (χ4n) is 1.30. The minimum atomic E-state index is 0.208. The van der Waals surface area contributed by atoms with Crippen molar-refractivity contribution >= 4 is 0 Å². The molecule has 0 aliphatic carbocycles. The first kappa shape index (κ1) is 12.7. The Morgan fingerprint density at radius 3 is 2.71 bits per heavy atom. The molecule has 14 heavy (non-hydrogen) atoms. The van der Waals surface area contributed by atoms with E-state index in [2.05, 4.69) is 29.9 Å². The highest BCUT2D eigenvalue weighted by molar-refractivity contribution is 5.23. The molecule has 0 aromatic heterocycles. The number of hydrogen-bond donors (Lipinski definition) is 0. The normalized spacial score (nSPS) is 13.2. The molecule has 2 nitrogen and oxygen atoms in total. The van der Waals surface area contributed by atoms with Crippen molar-refractivity contribution in [1.29, 1.82) is 0 Å². The van der Waals surface area contributed by atoms with E-state index in [0.717, 1.165) is 19.3 Å². The van der Waals surface area contributed by atoms with Gasteiger partial charge < -0.3 is 0 Å². The molecule has 0 rings (SSSR count). The molecule has 2 atom stereocenters. The van der Waals surface area contributed by atoms with E-state index in [1.54, 1.807) is 0 Å². The molecule has 0 saturated carbocycles. The van der Waals surface area contributed by atoms with Gasteiger partial charge in [0.25, 0.3) is 0 Å². The smallest absolute Gasteiger partial charge is 0.0848 e. The van der Waals surface area contributed by atoms with Crippen LogP contribution < -0.4 is 0 Å². The first-order valence-corrected chi connectivity index (χ1v) is 5.01. The number of nitrogens with zero attached hydrogens (tertiary/aromatic N) is 1. The summed E-state index contributed by atoms with van der Waals surface area (Å²) in [7, 11) is 0. The van der Waals surface area contributed by atoms with Gasteiger partial charge in [-0.05, 0) is 24.2 Å². The van der Waals surface area contributed by atoms with Gasteiger partial charge in [0, 0.05) is 5.92 Å². The van der Waals surface area contributed by atoms with Crippen molar-refractivity contribution in [3.05, 3.63) is 4.91 Å². The van der Waals surface area contributed by atoms with Gasteiger partial charge in [-0.2, -0.15) is 4.91 Å². The highest BCUT2D eigenvalue weighted by Crippen LogP contribution is 2.18. The van der Waals surface area contributed by atoms with Gasteiger partial charge >= 0.3 is 0 Å². The summed E-state index contributed by atoms with van der Waals surface area (Å²) >= 11 is 0. The fraction of sp³-hybridized carbons (Fsp3) is 0.667. The highest BCUT2D eigenvalue weighted by atomic mass is 16.3. The SMILES string of the molecule is C#CC#CC(CCCC)C(C)CN=O. The van der Waals surface area contributed by atoms with Crippen LogP contribution in [0.5, 0.6) is 0 Å². The predicted octanol–water partition coefficient (Wildman–Crippen LogP) is 2.83. The van der Waals surface area contributed by atoms with Gasteiger partial charge in [0.05, 0.1) is 6.54 Å². The molecule has 76 valence electrons. The third-order valence-corrected chi connectivity index (χ3v) is 2.25. The van der Waals surface area contributed by atoms with Crippen molar-refractivity contribution in [2.75, 3.05) is 6.54 Å². The topological polar surface area (TPSA) is 29.4 Å². The van der Waals surface area contributed by atoms with Crippen LogP contribution in [0.3, 0.4) is 0 Å². The van der Waals surface area contributed by atoms with Gasteiger partial charge in [0.15, 0.2) is 0 Å². The summed E-state index contributed by atoms with van der Waals surface area (Å²) < 4.78 is 0. The average Bonchev–Trinajstić information content (AvgIpc) is 2.18. The monoisotopic (exact) mass is 191 g/mol. The third-order valence-electron chi connectivity index (χ3n) is 2.25. The van der Waals surface area contributed by atoms with Crippen LogP contribution in [0, 0.1) is 40.9 Å². The van der Waals surface area contributed by atoms with E-state index in [-0.39, 0.29) is 11.8 Å². The van der Waals surface area contributed by atoms with Crippen LogP contribution in [-0.2, 0) is 0 Å². The number of terminal acetylenes is 1. The molecule has 2 unspecified atom stereocenters. The zero-order valence-corrected chi connectivity index (χ0v) is 8.92. The maximum atomic E-state index is 10.1. The zero-order valence-electron chi connectivity index (χ0n) is 8.92. The summed E-state index contributed by atoms with van der Waals surface area (Å²) in [6.45, 7) is 4.45. The molecule has 0 aliphatic rings. The Bertz CT molecular complexity index is 254. The van der Waals surface area contributed by atoms with Crippen LogP contribution in [0.2, 0.25) is 0 Å². The molecular formula is C12H17NO. The Morgan fingerprint density at radius 1 is 1.50 bits per heavy atom. The zero-order chi connectivity index (χ0) is 10.8. The Hall–Kier alpha value is -1.28. The van der Waals surface area contributed by atoms with Gasteiger partial charge in [-0.25, -0.2) is 0 Å². The number of nitroso groups, excluding NO2 is 1. The quantitative estimate of drug-likeness (QED) is 0.469. The summed E-state index contributed by atoms with van der Waals surface area (Å²) in [5.74, 6) is 8.36. The Balaban J connectivity index is 4.23. The summed E-state index contributed by atoms with van der Waals surface area (Å²) in [5.41, 5.74) is 0. The van der Waals surface area contributed by atoms with Crippen molar-refractivity contribution in [3.8, 4) is 24.2 Å². The van der Waals surface area contributed by atoms with Crippen molar-refractivity contribution < 1.29 is 0 Å². The number of unbranched alkanes of at least 4 members (excludes halogenated alkanes) is 1. The van der Waals surface area contributed by atoms with Gasteiger partial charge in [-0.1, -0.05) is 37.8 Å². The van der Waals surface area contributed by atoms with Crippen LogP contribution in [0.25, 0.3) is 0 Å². The van der Waals surface area contributed by atoms with Crippen LogP contribution in [0.4, 0.5) is 0 Å². The standard InChI is InChI=1S/C12H17NO/c1-4-6-8-12(9-7-5-2)11(3)10-13-14/h1,11-12H,5,7,9-10H2,2-3H3. The van der Waals surface area contributed by atoms with Gasteiger partial charge in [0.1, 0.15) is 0 Å². The van der Waals surface area contributed by atoms with Gasteiger partial charge in [0.2, 0.25) is 0 Å². The lowest BCUT2D eigenvalue weighted by Crippen LogP contribution is -2.12. The highest BCUT2D eigenvalue weighted by Gasteiger charge is 2.14. The predicted molar refractivity (Wildman–Crippen MR) is 59.5 cm³/mol. The molecule has 0 saturated heterocycles.